The van der Waals surface area contributed by atoms with E-state index in [-0.39, 0.29) is 5.91 Å². The number of hydrogen-bond donors (Lipinski definition) is 2. The summed E-state index contributed by atoms with van der Waals surface area (Å²) in [6, 6.07) is 0. The molecule has 0 saturated heterocycles. The van der Waals surface area contributed by atoms with Crippen molar-refractivity contribution in [1.29, 1.82) is 0 Å². The number of nitrogens with zero attached hydrogens (tertiary/aromatic N) is 1. The Kier molecular flexibility index (Phi) is 3.56. The molecule has 1 amide bonds. The summed E-state index contributed by atoms with van der Waals surface area (Å²) in [4.78, 5) is 11.8. The number of methoxy groups -OCH3 is 1. The summed E-state index contributed by atoms with van der Waals surface area (Å²) in [6.07, 6.45) is 4.29. The van der Waals surface area contributed by atoms with Gasteiger partial charge in [0.2, 0.25) is 0 Å². The Balaban J connectivity index is 2.03. The van der Waals surface area contributed by atoms with Gasteiger partial charge in [0.1, 0.15) is 0 Å². The number of carbonyl (C=O) groups is 1. The summed E-state index contributed by atoms with van der Waals surface area (Å²) in [5.74, 6) is -0.101. The van der Waals surface area contributed by atoms with Crippen LogP contribution in [-0.4, -0.2) is 36.4 Å². The maximum atomic E-state index is 11.8. The minimum atomic E-state index is -0.101. The summed E-state index contributed by atoms with van der Waals surface area (Å²) < 4.78 is 4.88. The maximum absolute atomic E-state index is 11.8. The first-order valence-corrected chi connectivity index (χ1v) is 5.66. The van der Waals surface area contributed by atoms with Crippen molar-refractivity contribution in [2.24, 2.45) is 0 Å². The van der Waals surface area contributed by atoms with Gasteiger partial charge >= 0.3 is 0 Å². The minimum Gasteiger partial charge on any atom is -0.383 e. The van der Waals surface area contributed by atoms with E-state index in [1.807, 2.05) is 0 Å². The summed E-state index contributed by atoms with van der Waals surface area (Å²) in [6.45, 7) is 1.05. The summed E-state index contributed by atoms with van der Waals surface area (Å²) >= 11 is 0. The van der Waals surface area contributed by atoms with Crippen molar-refractivity contribution in [3.63, 3.8) is 0 Å². The lowest BCUT2D eigenvalue weighted by Crippen LogP contribution is -2.28. The third-order valence-electron chi connectivity index (χ3n) is 2.86. The third-order valence-corrected chi connectivity index (χ3v) is 2.86. The quantitative estimate of drug-likeness (QED) is 0.737. The molecule has 0 atom stereocenters. The van der Waals surface area contributed by atoms with Gasteiger partial charge in [0.15, 0.2) is 5.69 Å². The van der Waals surface area contributed by atoms with E-state index in [1.54, 1.807) is 7.11 Å². The Hall–Kier alpha value is -1.36. The first-order valence-electron chi connectivity index (χ1n) is 5.66. The lowest BCUT2D eigenvalue weighted by molar-refractivity contribution is 0.0931. The van der Waals surface area contributed by atoms with Gasteiger partial charge in [0, 0.05) is 24.9 Å². The lowest BCUT2D eigenvalue weighted by atomic mass is 9.96. The van der Waals surface area contributed by atoms with Gasteiger partial charge in [0.25, 0.3) is 5.91 Å². The Morgan fingerprint density at radius 1 is 1.50 bits per heavy atom. The number of aryl methyl sites for hydroxylation is 1. The second kappa shape index (κ2) is 5.12. The highest BCUT2D eigenvalue weighted by Crippen LogP contribution is 2.21. The van der Waals surface area contributed by atoms with Crippen LogP contribution in [0.1, 0.15) is 34.6 Å². The molecular weight excluding hydrogens is 206 g/mol. The minimum absolute atomic E-state index is 0.101. The zero-order valence-corrected chi connectivity index (χ0v) is 9.51. The molecule has 1 heterocycles. The van der Waals surface area contributed by atoms with Crippen molar-refractivity contribution in [2.75, 3.05) is 20.3 Å². The summed E-state index contributed by atoms with van der Waals surface area (Å²) in [7, 11) is 1.61. The molecule has 0 spiro atoms. The molecule has 0 saturated carbocycles. The smallest absolute Gasteiger partial charge is 0.272 e. The van der Waals surface area contributed by atoms with Crippen LogP contribution in [0.25, 0.3) is 0 Å². The van der Waals surface area contributed by atoms with E-state index in [9.17, 15) is 4.79 Å². The number of hydrogen-bond acceptors (Lipinski definition) is 3. The first kappa shape index (κ1) is 11.1. The van der Waals surface area contributed by atoms with E-state index in [4.69, 9.17) is 4.74 Å². The number of fused-ring (bicyclic) bond motifs is 1. The zero-order chi connectivity index (χ0) is 11.4. The second-order valence-electron chi connectivity index (χ2n) is 3.99. The SMILES string of the molecule is COCCNC(=O)c1n[nH]c2c1CCCC2. The number of aromatic amines is 1. The Morgan fingerprint density at radius 3 is 3.12 bits per heavy atom. The van der Waals surface area contributed by atoms with Crippen molar-refractivity contribution < 1.29 is 9.53 Å². The molecule has 88 valence electrons. The Labute approximate surface area is 94.6 Å². The van der Waals surface area contributed by atoms with Gasteiger partial charge < -0.3 is 10.1 Å². The summed E-state index contributed by atoms with van der Waals surface area (Å²) in [5, 5.41) is 9.84. The van der Waals surface area contributed by atoms with Crippen LogP contribution < -0.4 is 5.32 Å². The van der Waals surface area contributed by atoms with Gasteiger partial charge in [-0.15, -0.1) is 0 Å². The molecule has 0 radical (unpaired) electrons. The number of H-pyrrole nitrogens is 1. The summed E-state index contributed by atoms with van der Waals surface area (Å²) in [5.41, 5.74) is 2.79. The molecular formula is C11H17N3O2. The molecule has 0 bridgehead atoms. The van der Waals surface area contributed by atoms with Crippen LogP contribution in [0, 0.1) is 0 Å². The van der Waals surface area contributed by atoms with E-state index in [2.05, 4.69) is 15.5 Å². The van der Waals surface area contributed by atoms with Crippen LogP contribution in [0.2, 0.25) is 0 Å². The first-order chi connectivity index (χ1) is 7.83. The van der Waals surface area contributed by atoms with Crippen molar-refractivity contribution in [3.05, 3.63) is 17.0 Å². The normalized spacial score (nSPS) is 14.6. The molecule has 1 aliphatic carbocycles. The van der Waals surface area contributed by atoms with E-state index >= 15 is 0 Å². The predicted molar refractivity (Wildman–Crippen MR) is 59.4 cm³/mol. The second-order valence-corrected chi connectivity index (χ2v) is 3.99. The van der Waals surface area contributed by atoms with Crippen molar-refractivity contribution in [3.8, 4) is 0 Å². The largest absolute Gasteiger partial charge is 0.383 e. The molecule has 0 fully saturated rings. The zero-order valence-electron chi connectivity index (χ0n) is 9.51. The van der Waals surface area contributed by atoms with Crippen LogP contribution in [0.3, 0.4) is 0 Å². The highest BCUT2D eigenvalue weighted by atomic mass is 16.5. The molecule has 0 unspecified atom stereocenters. The van der Waals surface area contributed by atoms with Gasteiger partial charge in [-0.25, -0.2) is 0 Å². The number of carbonyl (C=O) groups excluding carboxylic acids is 1. The van der Waals surface area contributed by atoms with E-state index < -0.39 is 0 Å². The van der Waals surface area contributed by atoms with E-state index in [0.717, 1.165) is 30.5 Å². The average Bonchev–Trinajstić information content (AvgIpc) is 2.73. The molecule has 1 aliphatic rings. The van der Waals surface area contributed by atoms with Gasteiger partial charge in [-0.3, -0.25) is 9.89 Å². The number of rotatable bonds is 4. The molecule has 1 aromatic heterocycles. The Bertz CT molecular complexity index is 373. The molecule has 5 heteroatoms. The average molecular weight is 223 g/mol. The number of ether oxygens (including phenoxy) is 1. The molecule has 1 aromatic rings. The maximum Gasteiger partial charge on any atom is 0.272 e. The van der Waals surface area contributed by atoms with Crippen LogP contribution in [0.4, 0.5) is 0 Å². The highest BCUT2D eigenvalue weighted by molar-refractivity contribution is 5.94. The molecule has 0 aliphatic heterocycles. The standard InChI is InChI=1S/C11H17N3O2/c1-16-7-6-12-11(15)10-8-4-2-3-5-9(8)13-14-10/h2-7H2,1H3,(H,12,15)(H,13,14). The third kappa shape index (κ3) is 2.24. The molecule has 2 rings (SSSR count). The highest BCUT2D eigenvalue weighted by Gasteiger charge is 2.21. The predicted octanol–water partition coefficient (Wildman–Crippen LogP) is 0.665. The molecule has 0 aromatic carbocycles. The van der Waals surface area contributed by atoms with Crippen molar-refractivity contribution in [1.82, 2.24) is 15.5 Å². The topological polar surface area (TPSA) is 67.0 Å². The number of aromatic nitrogens is 2. The lowest BCUT2D eigenvalue weighted by Gasteiger charge is -2.10. The van der Waals surface area contributed by atoms with E-state index in [0.29, 0.717) is 18.8 Å². The molecule has 2 N–H and O–H groups in total. The molecule has 5 nitrogen and oxygen atoms in total. The van der Waals surface area contributed by atoms with Gasteiger partial charge in [-0.05, 0) is 25.7 Å². The fraction of sp³-hybridized carbons (Fsp3) is 0.636. The molecule has 16 heavy (non-hydrogen) atoms. The fourth-order valence-electron chi connectivity index (χ4n) is 2.02. The van der Waals surface area contributed by atoms with Gasteiger partial charge in [-0.1, -0.05) is 0 Å². The fourth-order valence-corrected chi connectivity index (χ4v) is 2.02. The van der Waals surface area contributed by atoms with Crippen molar-refractivity contribution in [2.45, 2.75) is 25.7 Å². The van der Waals surface area contributed by atoms with Gasteiger partial charge in [-0.2, -0.15) is 5.10 Å². The van der Waals surface area contributed by atoms with Crippen LogP contribution >= 0.6 is 0 Å². The van der Waals surface area contributed by atoms with Crippen LogP contribution in [0.5, 0.6) is 0 Å². The van der Waals surface area contributed by atoms with Gasteiger partial charge in [0.05, 0.1) is 6.61 Å². The monoisotopic (exact) mass is 223 g/mol. The Morgan fingerprint density at radius 2 is 2.31 bits per heavy atom. The number of nitrogens with one attached hydrogen (secondary N) is 2. The van der Waals surface area contributed by atoms with Crippen molar-refractivity contribution >= 4 is 5.91 Å². The van der Waals surface area contributed by atoms with Crippen LogP contribution in [0.15, 0.2) is 0 Å². The van der Waals surface area contributed by atoms with Crippen LogP contribution in [-0.2, 0) is 17.6 Å². The van der Waals surface area contributed by atoms with E-state index in [1.165, 1.54) is 6.42 Å². The number of amides is 1.